The minimum absolute atomic E-state index is 0.0166. The van der Waals surface area contributed by atoms with Gasteiger partial charge in [0.25, 0.3) is 0 Å². The molecule has 0 aromatic heterocycles. The second-order valence-corrected chi connectivity index (χ2v) is 6.42. The van der Waals surface area contributed by atoms with E-state index in [2.05, 4.69) is 28.9 Å². The van der Waals surface area contributed by atoms with Gasteiger partial charge >= 0.3 is 0 Å². The smallest absolute Gasteiger partial charge is 0.222 e. The summed E-state index contributed by atoms with van der Waals surface area (Å²) in [6.45, 7) is 5.24. The van der Waals surface area contributed by atoms with Gasteiger partial charge < -0.3 is 15.0 Å². The van der Waals surface area contributed by atoms with Gasteiger partial charge in [0, 0.05) is 18.1 Å². The predicted octanol–water partition coefficient (Wildman–Crippen LogP) is 3.80. The normalized spacial score (nSPS) is 15.9. The second-order valence-electron chi connectivity index (χ2n) is 5.99. The van der Waals surface area contributed by atoms with Crippen molar-refractivity contribution in [3.63, 3.8) is 0 Å². The SMILES string of the molecule is C=CCNC(=O)C[C@H]1COc2ccc(Cl)cc2N1Cc1ccccc1. The van der Waals surface area contributed by atoms with E-state index in [1.54, 1.807) is 6.08 Å². The summed E-state index contributed by atoms with van der Waals surface area (Å²) in [6, 6.07) is 15.7. The molecule has 1 aliphatic heterocycles. The lowest BCUT2D eigenvalue weighted by molar-refractivity contribution is -0.121. The first-order chi connectivity index (χ1) is 12.2. The molecule has 0 saturated heterocycles. The molecule has 2 aromatic rings. The van der Waals surface area contributed by atoms with E-state index in [-0.39, 0.29) is 11.9 Å². The topological polar surface area (TPSA) is 41.6 Å². The first kappa shape index (κ1) is 17.4. The molecule has 0 radical (unpaired) electrons. The highest BCUT2D eigenvalue weighted by Crippen LogP contribution is 2.37. The monoisotopic (exact) mass is 356 g/mol. The molecule has 1 heterocycles. The summed E-state index contributed by atoms with van der Waals surface area (Å²) in [4.78, 5) is 14.4. The summed E-state index contributed by atoms with van der Waals surface area (Å²) in [6.07, 6.45) is 2.03. The molecule has 0 bridgehead atoms. The lowest BCUT2D eigenvalue weighted by Crippen LogP contribution is -2.45. The molecule has 0 unspecified atom stereocenters. The number of anilines is 1. The Labute approximate surface area is 153 Å². The van der Waals surface area contributed by atoms with Crippen LogP contribution in [0.25, 0.3) is 0 Å². The first-order valence-corrected chi connectivity index (χ1v) is 8.65. The molecule has 130 valence electrons. The molecule has 1 amide bonds. The molecule has 0 spiro atoms. The van der Waals surface area contributed by atoms with Crippen molar-refractivity contribution in [3.05, 3.63) is 71.8 Å². The van der Waals surface area contributed by atoms with Crippen LogP contribution in [0.5, 0.6) is 5.75 Å². The molecule has 3 rings (SSSR count). The fraction of sp³-hybridized carbons (Fsp3) is 0.250. The Morgan fingerprint density at radius 2 is 2.12 bits per heavy atom. The van der Waals surface area contributed by atoms with Gasteiger partial charge in [0.2, 0.25) is 5.91 Å². The zero-order valence-electron chi connectivity index (χ0n) is 14.0. The van der Waals surface area contributed by atoms with Crippen LogP contribution in [0.15, 0.2) is 61.2 Å². The van der Waals surface area contributed by atoms with Gasteiger partial charge in [-0.3, -0.25) is 4.79 Å². The molecule has 1 atom stereocenters. The molecular weight excluding hydrogens is 336 g/mol. The highest BCUT2D eigenvalue weighted by molar-refractivity contribution is 6.31. The number of nitrogens with one attached hydrogen (secondary N) is 1. The summed E-state index contributed by atoms with van der Waals surface area (Å²) in [5, 5.41) is 3.48. The van der Waals surface area contributed by atoms with Gasteiger partial charge in [-0.1, -0.05) is 48.0 Å². The number of carbonyl (C=O) groups excluding carboxylic acids is 1. The average molecular weight is 357 g/mol. The van der Waals surface area contributed by atoms with Crippen LogP contribution in [-0.4, -0.2) is 25.1 Å². The van der Waals surface area contributed by atoms with E-state index in [1.807, 2.05) is 36.4 Å². The number of halogens is 1. The minimum atomic E-state index is -0.0593. The van der Waals surface area contributed by atoms with Crippen molar-refractivity contribution >= 4 is 23.2 Å². The maximum atomic E-state index is 12.2. The Bertz CT molecular complexity index is 749. The van der Waals surface area contributed by atoms with Gasteiger partial charge in [0.1, 0.15) is 12.4 Å². The van der Waals surface area contributed by atoms with Crippen LogP contribution in [0.2, 0.25) is 5.02 Å². The van der Waals surface area contributed by atoms with Gasteiger partial charge in [-0.25, -0.2) is 0 Å². The van der Waals surface area contributed by atoms with Crippen molar-refractivity contribution < 1.29 is 9.53 Å². The lowest BCUT2D eigenvalue weighted by atomic mass is 10.1. The van der Waals surface area contributed by atoms with Crippen LogP contribution >= 0.6 is 11.6 Å². The molecule has 25 heavy (non-hydrogen) atoms. The van der Waals surface area contributed by atoms with Crippen LogP contribution in [0.1, 0.15) is 12.0 Å². The third-order valence-corrected chi connectivity index (χ3v) is 4.40. The largest absolute Gasteiger partial charge is 0.489 e. The summed E-state index contributed by atoms with van der Waals surface area (Å²) in [7, 11) is 0. The number of carbonyl (C=O) groups is 1. The number of fused-ring (bicyclic) bond motifs is 1. The van der Waals surface area contributed by atoms with Crippen LogP contribution in [0.3, 0.4) is 0 Å². The number of ether oxygens (including phenoxy) is 1. The van der Waals surface area contributed by atoms with Crippen LogP contribution in [0.4, 0.5) is 5.69 Å². The highest BCUT2D eigenvalue weighted by atomic mass is 35.5. The van der Waals surface area contributed by atoms with Gasteiger partial charge in [-0.2, -0.15) is 0 Å². The van der Waals surface area contributed by atoms with Crippen LogP contribution in [-0.2, 0) is 11.3 Å². The van der Waals surface area contributed by atoms with Gasteiger partial charge in [0.15, 0.2) is 0 Å². The molecule has 0 fully saturated rings. The Morgan fingerprint density at radius 1 is 1.32 bits per heavy atom. The Hall–Kier alpha value is -2.46. The molecular formula is C20H21ClN2O2. The molecule has 5 heteroatoms. The zero-order chi connectivity index (χ0) is 17.6. The standard InChI is InChI=1S/C20H21ClN2O2/c1-2-10-22-20(24)12-17-14-25-19-9-8-16(21)11-18(19)23(17)13-15-6-4-3-5-7-15/h2-9,11,17H,1,10,12-14H2,(H,22,24)/t17-/m0/s1. The van der Waals surface area contributed by atoms with Crippen LogP contribution in [0, 0.1) is 0 Å². The van der Waals surface area contributed by atoms with Crippen molar-refractivity contribution in [2.45, 2.75) is 19.0 Å². The van der Waals surface area contributed by atoms with Crippen molar-refractivity contribution in [3.8, 4) is 5.75 Å². The quantitative estimate of drug-likeness (QED) is 0.800. The molecule has 1 N–H and O–H groups in total. The second kappa shape index (κ2) is 8.08. The van der Waals surface area contributed by atoms with Crippen molar-refractivity contribution in [2.24, 2.45) is 0 Å². The summed E-state index contributed by atoms with van der Waals surface area (Å²) >= 11 is 6.19. The fourth-order valence-corrected chi connectivity index (χ4v) is 3.11. The van der Waals surface area contributed by atoms with E-state index < -0.39 is 0 Å². The Morgan fingerprint density at radius 3 is 2.88 bits per heavy atom. The minimum Gasteiger partial charge on any atom is -0.489 e. The average Bonchev–Trinajstić information content (AvgIpc) is 2.63. The number of benzene rings is 2. The summed E-state index contributed by atoms with van der Waals surface area (Å²) < 4.78 is 5.86. The molecule has 1 aliphatic rings. The molecule has 2 aromatic carbocycles. The van der Waals surface area contributed by atoms with Crippen molar-refractivity contribution in [1.82, 2.24) is 5.32 Å². The molecule has 0 aliphatic carbocycles. The number of amides is 1. The third-order valence-electron chi connectivity index (χ3n) is 4.16. The van der Waals surface area contributed by atoms with Crippen molar-refractivity contribution in [1.29, 1.82) is 0 Å². The zero-order valence-corrected chi connectivity index (χ0v) is 14.7. The van der Waals surface area contributed by atoms with E-state index in [4.69, 9.17) is 16.3 Å². The predicted molar refractivity (Wildman–Crippen MR) is 101 cm³/mol. The molecule has 4 nitrogen and oxygen atoms in total. The third kappa shape index (κ3) is 4.34. The van der Waals surface area contributed by atoms with Gasteiger partial charge in [-0.15, -0.1) is 6.58 Å². The summed E-state index contributed by atoms with van der Waals surface area (Å²) in [5.41, 5.74) is 2.09. The fourth-order valence-electron chi connectivity index (χ4n) is 2.95. The highest BCUT2D eigenvalue weighted by Gasteiger charge is 2.29. The van der Waals surface area contributed by atoms with Gasteiger partial charge in [0.05, 0.1) is 18.2 Å². The summed E-state index contributed by atoms with van der Waals surface area (Å²) in [5.74, 6) is 0.778. The van der Waals surface area contributed by atoms with E-state index in [9.17, 15) is 4.79 Å². The number of hydrogen-bond donors (Lipinski definition) is 1. The number of nitrogens with zero attached hydrogens (tertiary/aromatic N) is 1. The number of hydrogen-bond acceptors (Lipinski definition) is 3. The van der Waals surface area contributed by atoms with E-state index in [1.165, 1.54) is 5.56 Å². The maximum Gasteiger partial charge on any atom is 0.222 e. The Kier molecular flexibility index (Phi) is 5.61. The molecule has 0 saturated carbocycles. The van der Waals surface area contributed by atoms with Crippen LogP contribution < -0.4 is 15.0 Å². The Balaban J connectivity index is 1.86. The van der Waals surface area contributed by atoms with Gasteiger partial charge in [-0.05, 0) is 23.8 Å². The van der Waals surface area contributed by atoms with E-state index in [0.717, 1.165) is 11.4 Å². The lowest BCUT2D eigenvalue weighted by Gasteiger charge is -2.38. The number of rotatable bonds is 6. The van der Waals surface area contributed by atoms with E-state index >= 15 is 0 Å². The van der Waals surface area contributed by atoms with Crippen molar-refractivity contribution in [2.75, 3.05) is 18.1 Å². The maximum absolute atomic E-state index is 12.2. The van der Waals surface area contributed by atoms with E-state index in [0.29, 0.717) is 31.1 Å². The first-order valence-electron chi connectivity index (χ1n) is 8.28.